The van der Waals surface area contributed by atoms with Crippen LogP contribution in [0.1, 0.15) is 184 Å². The predicted octanol–water partition coefficient (Wildman–Crippen LogP) is 7.34. The first-order chi connectivity index (χ1) is 31.2. The Balaban J connectivity index is 0.00000576. The van der Waals surface area contributed by atoms with Crippen LogP contribution in [0.3, 0.4) is 0 Å². The second-order valence-corrected chi connectivity index (χ2v) is 22.9. The van der Waals surface area contributed by atoms with Crippen molar-refractivity contribution in [3.05, 3.63) is 0 Å². The molecule has 24 atom stereocenters. The number of hydrogen-bond donors (Lipinski definition) is 8. The van der Waals surface area contributed by atoms with Gasteiger partial charge in [0.2, 0.25) is 0 Å². The summed E-state index contributed by atoms with van der Waals surface area (Å²) in [7, 11) is 0. The zero-order valence-electron chi connectivity index (χ0n) is 41.9. The van der Waals surface area contributed by atoms with Crippen molar-refractivity contribution in [1.82, 2.24) is 42.5 Å². The van der Waals surface area contributed by atoms with Gasteiger partial charge in [-0.3, -0.25) is 42.5 Å². The van der Waals surface area contributed by atoms with E-state index in [1.54, 1.807) is 0 Å². The van der Waals surface area contributed by atoms with Crippen molar-refractivity contribution in [2.45, 2.75) is 282 Å². The van der Waals surface area contributed by atoms with Gasteiger partial charge in [-0.15, -0.1) is 0 Å². The van der Waals surface area contributed by atoms with Crippen molar-refractivity contribution in [2.75, 3.05) is 0 Å². The second-order valence-electron chi connectivity index (χ2n) is 22.9. The van der Waals surface area contributed by atoms with E-state index in [-0.39, 0.29) is 118 Å². The fourth-order valence-corrected chi connectivity index (χ4v) is 15.6. The molecular formula is C52H96N8O4Pd. The molecule has 4 aliphatic carbocycles. The van der Waals surface area contributed by atoms with Crippen molar-refractivity contribution in [1.29, 1.82) is 0 Å². The van der Waals surface area contributed by atoms with Gasteiger partial charge < -0.3 is 18.9 Å². The molecule has 378 valence electrons. The molecule has 0 amide bonds. The molecule has 5 aliphatic heterocycles. The van der Waals surface area contributed by atoms with Crippen LogP contribution in [0, 0.1) is 47.3 Å². The molecule has 0 aromatic rings. The van der Waals surface area contributed by atoms with Gasteiger partial charge in [-0.05, 0) is 127 Å². The molecule has 5 saturated heterocycles. The molecule has 13 heteroatoms. The van der Waals surface area contributed by atoms with Crippen LogP contribution in [0.15, 0.2) is 0 Å². The third-order valence-electron chi connectivity index (χ3n) is 18.3. The summed E-state index contributed by atoms with van der Waals surface area (Å²) < 4.78 is 30.0. The number of ether oxygens (including phenoxy) is 4. The third kappa shape index (κ3) is 11.2. The van der Waals surface area contributed by atoms with Gasteiger partial charge >= 0.3 is 0 Å². The third-order valence-corrected chi connectivity index (χ3v) is 18.3. The summed E-state index contributed by atoms with van der Waals surface area (Å²) in [6.07, 6.45) is 25.1. The Bertz CT molecular complexity index is 1350. The maximum absolute atomic E-state index is 7.57. The molecule has 9 aliphatic rings. The molecule has 0 spiro atoms. The molecule has 0 aromatic heterocycles. The van der Waals surface area contributed by atoms with Crippen LogP contribution in [-0.4, -0.2) is 98.2 Å². The number of nitrogens with one attached hydrogen (secondary N) is 8. The number of rotatable bonds is 16. The average molecular weight is 1000 g/mol. The van der Waals surface area contributed by atoms with Crippen molar-refractivity contribution in [3.63, 3.8) is 0 Å². The first-order valence-electron chi connectivity index (χ1n) is 27.9. The van der Waals surface area contributed by atoms with Crippen LogP contribution in [0.25, 0.3) is 0 Å². The Kier molecular flexibility index (Phi) is 18.7. The van der Waals surface area contributed by atoms with Gasteiger partial charge in [0.25, 0.3) is 0 Å². The van der Waals surface area contributed by atoms with E-state index in [2.05, 4.69) is 97.9 Å². The van der Waals surface area contributed by atoms with E-state index in [0.717, 1.165) is 51.4 Å². The fourth-order valence-electron chi connectivity index (χ4n) is 15.6. The van der Waals surface area contributed by atoms with Gasteiger partial charge in [0.1, 0.15) is 12.2 Å². The smallest absolute Gasteiger partial charge is 0.113 e. The summed E-state index contributed by atoms with van der Waals surface area (Å²) in [6, 6.07) is 0. The van der Waals surface area contributed by atoms with E-state index < -0.39 is 0 Å². The molecule has 0 aromatic carbocycles. The maximum Gasteiger partial charge on any atom is 0.113 e. The van der Waals surface area contributed by atoms with E-state index in [4.69, 9.17) is 18.9 Å². The Morgan fingerprint density at radius 2 is 0.523 bits per heavy atom. The van der Waals surface area contributed by atoms with Gasteiger partial charge in [-0.2, -0.15) is 0 Å². The van der Waals surface area contributed by atoms with Crippen molar-refractivity contribution in [3.8, 4) is 0 Å². The van der Waals surface area contributed by atoms with E-state index in [1.165, 1.54) is 77.0 Å². The summed E-state index contributed by atoms with van der Waals surface area (Å²) >= 11 is 0. The summed E-state index contributed by atoms with van der Waals surface area (Å²) in [4.78, 5) is 0. The minimum Gasteiger partial charge on any atom is -0.372 e. The van der Waals surface area contributed by atoms with Crippen molar-refractivity contribution < 1.29 is 39.4 Å². The van der Waals surface area contributed by atoms with Crippen LogP contribution in [0.2, 0.25) is 0 Å². The van der Waals surface area contributed by atoms with Crippen LogP contribution in [-0.2, 0) is 39.4 Å². The van der Waals surface area contributed by atoms with Crippen molar-refractivity contribution in [2.24, 2.45) is 47.3 Å². The van der Waals surface area contributed by atoms with Gasteiger partial charge in [0.15, 0.2) is 0 Å². The molecule has 8 N–H and O–H groups in total. The van der Waals surface area contributed by atoms with Crippen LogP contribution < -0.4 is 42.5 Å². The Morgan fingerprint density at radius 1 is 0.323 bits per heavy atom. The summed E-state index contributed by atoms with van der Waals surface area (Å²) in [5.41, 5.74) is 0. The van der Waals surface area contributed by atoms with E-state index in [1.807, 2.05) is 0 Å². The van der Waals surface area contributed by atoms with Gasteiger partial charge in [-0.25, -0.2) is 0 Å². The normalized spacial score (nSPS) is 46.5. The van der Waals surface area contributed by atoms with E-state index >= 15 is 0 Å². The zero-order valence-corrected chi connectivity index (χ0v) is 43.5. The summed E-state index contributed by atoms with van der Waals surface area (Å²) in [6.45, 7) is 18.3. The molecule has 4 saturated carbocycles. The minimum absolute atomic E-state index is 0. The standard InChI is InChI=1S/C52H96N8O4.Pd/c1-9-19-29(5)61-41-39-40(42(62-30(6)20-10-2)44(64-32(8)22-12-4)43(41)63-31(7)21-11-3)52-59-50-38-28-18-16-26-36(38)48(57-50)55-46-34-24-14-13-23-33(34)45(53-46)54-47-35-25-15-17-27-37(35)49(56-47)58-51(39)60-52;/h29-60H,9-28H2,1-8H3;. The molecule has 65 heavy (non-hydrogen) atoms. The predicted molar refractivity (Wildman–Crippen MR) is 256 cm³/mol. The van der Waals surface area contributed by atoms with Crippen LogP contribution >= 0.6 is 0 Å². The Labute approximate surface area is 409 Å². The van der Waals surface area contributed by atoms with Gasteiger partial charge in [0.05, 0.1) is 86.0 Å². The fraction of sp³-hybridized carbons (Fsp3) is 1.00. The van der Waals surface area contributed by atoms with Gasteiger partial charge in [0, 0.05) is 32.3 Å². The maximum atomic E-state index is 7.57. The quantitative estimate of drug-likeness (QED) is 0.0737. The zero-order chi connectivity index (χ0) is 44.5. The Hall–Kier alpha value is 0.182. The van der Waals surface area contributed by atoms with E-state index in [9.17, 15) is 0 Å². The minimum atomic E-state index is -0.265. The molecular weight excluding hydrogens is 907 g/mol. The topological polar surface area (TPSA) is 133 Å². The first kappa shape index (κ1) is 51.5. The first-order valence-corrected chi connectivity index (χ1v) is 27.9. The summed E-state index contributed by atoms with van der Waals surface area (Å²) in [5.74, 6) is 3.81. The molecule has 5 heterocycles. The largest absolute Gasteiger partial charge is 0.372 e. The molecule has 9 fully saturated rings. The van der Waals surface area contributed by atoms with Crippen LogP contribution in [0.4, 0.5) is 0 Å². The van der Waals surface area contributed by atoms with E-state index in [0.29, 0.717) is 47.8 Å². The second kappa shape index (κ2) is 23.6. The molecule has 9 rings (SSSR count). The molecule has 0 radical (unpaired) electrons. The SMILES string of the molecule is CCCC(C)OC1C(OC(C)CCC)C(OC(C)CCC)C2C3NC4NC(NC5NC(NC6NC(NC(N3)C2C1OC(C)CCC)C1CCCCC61)C1CCCCC51)C1CCCCC41.[Pd]. The summed E-state index contributed by atoms with van der Waals surface area (Å²) in [5, 5.41) is 34.8. The van der Waals surface area contributed by atoms with Crippen LogP contribution in [0.5, 0.6) is 0 Å². The number of fused-ring (bicyclic) bond motifs is 20. The molecule has 12 nitrogen and oxygen atoms in total. The van der Waals surface area contributed by atoms with Gasteiger partial charge in [-0.1, -0.05) is 91.9 Å². The van der Waals surface area contributed by atoms with Crippen molar-refractivity contribution >= 4 is 0 Å². The molecule has 24 unspecified atom stereocenters. The number of hydrogen-bond acceptors (Lipinski definition) is 12. The Morgan fingerprint density at radius 3 is 0.754 bits per heavy atom. The average Bonchev–Trinajstić information content (AvgIpc) is 4.02. The monoisotopic (exact) mass is 1000 g/mol. The molecule has 8 bridgehead atoms.